The molecule has 4 heteroatoms. The first-order chi connectivity index (χ1) is 10.2. The minimum absolute atomic E-state index is 0.0899. The molecule has 0 fully saturated rings. The Kier molecular flexibility index (Phi) is 2.62. The number of benzene rings is 2. The van der Waals surface area contributed by atoms with E-state index < -0.39 is 0 Å². The number of ketones is 1. The third-order valence-corrected chi connectivity index (χ3v) is 4.54. The van der Waals surface area contributed by atoms with Crippen LogP contribution in [0.3, 0.4) is 0 Å². The van der Waals surface area contributed by atoms with Crippen molar-refractivity contribution >= 4 is 33.1 Å². The second-order valence-corrected chi connectivity index (χ2v) is 6.37. The van der Waals surface area contributed by atoms with Gasteiger partial charge >= 0.3 is 0 Å². The van der Waals surface area contributed by atoms with Crippen molar-refractivity contribution in [2.75, 3.05) is 5.32 Å². The maximum atomic E-state index is 12.9. The molecular formula is C17H14N2OS. The van der Waals surface area contributed by atoms with Gasteiger partial charge in [0.05, 0.1) is 16.0 Å². The molecule has 104 valence electrons. The van der Waals surface area contributed by atoms with Crippen LogP contribution in [-0.2, 0) is 0 Å². The summed E-state index contributed by atoms with van der Waals surface area (Å²) in [5.74, 6) is 0.0899. The van der Waals surface area contributed by atoms with Gasteiger partial charge in [0.1, 0.15) is 0 Å². The topological polar surface area (TPSA) is 42.0 Å². The quantitative estimate of drug-likeness (QED) is 0.598. The van der Waals surface area contributed by atoms with E-state index in [1.165, 1.54) is 11.5 Å². The number of fused-ring (bicyclic) bond motifs is 2. The minimum atomic E-state index is 0.0899. The Morgan fingerprint density at radius 2 is 1.86 bits per heavy atom. The monoisotopic (exact) mass is 294 g/mol. The molecule has 1 heterocycles. The Labute approximate surface area is 126 Å². The van der Waals surface area contributed by atoms with E-state index in [2.05, 4.69) is 23.5 Å². The van der Waals surface area contributed by atoms with Gasteiger partial charge in [-0.15, -0.1) is 0 Å². The summed E-state index contributed by atoms with van der Waals surface area (Å²) in [6.45, 7) is 4.14. The molecule has 0 saturated carbocycles. The molecule has 1 aromatic heterocycles. The molecular weight excluding hydrogens is 280 g/mol. The third-order valence-electron chi connectivity index (χ3n) is 3.73. The summed E-state index contributed by atoms with van der Waals surface area (Å²) in [6, 6.07) is 12.1. The molecule has 1 aliphatic carbocycles. The van der Waals surface area contributed by atoms with Gasteiger partial charge in [0, 0.05) is 28.2 Å². The third kappa shape index (κ3) is 1.72. The predicted octanol–water partition coefficient (Wildman–Crippen LogP) is 4.33. The summed E-state index contributed by atoms with van der Waals surface area (Å²) in [5, 5.41) is 4.37. The SMILES string of the molecule is CC(C)Nc1cccc2c1C(=O)c1cccc3snc-2c13. The highest BCUT2D eigenvalue weighted by atomic mass is 32.1. The summed E-state index contributed by atoms with van der Waals surface area (Å²) in [5.41, 5.74) is 4.28. The van der Waals surface area contributed by atoms with E-state index in [1.807, 2.05) is 36.4 Å². The van der Waals surface area contributed by atoms with Gasteiger partial charge in [0.25, 0.3) is 0 Å². The lowest BCUT2D eigenvalue weighted by molar-refractivity contribution is 0.104. The average molecular weight is 294 g/mol. The van der Waals surface area contributed by atoms with Crippen molar-refractivity contribution in [3.63, 3.8) is 0 Å². The molecule has 0 aliphatic heterocycles. The Bertz CT molecular complexity index is 880. The number of hydrogen-bond acceptors (Lipinski definition) is 4. The zero-order chi connectivity index (χ0) is 14.6. The van der Waals surface area contributed by atoms with Crippen LogP contribution in [0, 0.1) is 0 Å². The number of rotatable bonds is 2. The van der Waals surface area contributed by atoms with Crippen LogP contribution in [0.5, 0.6) is 0 Å². The van der Waals surface area contributed by atoms with Crippen molar-refractivity contribution in [2.45, 2.75) is 19.9 Å². The van der Waals surface area contributed by atoms with Crippen LogP contribution < -0.4 is 5.32 Å². The summed E-state index contributed by atoms with van der Waals surface area (Å²) in [6.07, 6.45) is 0. The fraction of sp³-hybridized carbons (Fsp3) is 0.176. The standard InChI is InChI=1S/C17H14N2OS/c1-9(2)18-12-7-3-5-10-14(12)17(20)11-6-4-8-13-15(11)16(10)19-21-13/h3-9,18H,1-2H3. The van der Waals surface area contributed by atoms with E-state index in [0.29, 0.717) is 0 Å². The van der Waals surface area contributed by atoms with E-state index >= 15 is 0 Å². The maximum absolute atomic E-state index is 12.9. The van der Waals surface area contributed by atoms with Crippen LogP contribution in [0.15, 0.2) is 36.4 Å². The van der Waals surface area contributed by atoms with Crippen LogP contribution in [0.1, 0.15) is 29.8 Å². The molecule has 3 nitrogen and oxygen atoms in total. The molecule has 0 unspecified atom stereocenters. The molecule has 3 aromatic rings. The van der Waals surface area contributed by atoms with Crippen molar-refractivity contribution in [3.05, 3.63) is 47.5 Å². The molecule has 1 aliphatic rings. The fourth-order valence-electron chi connectivity index (χ4n) is 2.93. The zero-order valence-electron chi connectivity index (χ0n) is 11.8. The van der Waals surface area contributed by atoms with Crippen LogP contribution in [0.2, 0.25) is 0 Å². The average Bonchev–Trinajstić information content (AvgIpc) is 2.89. The Hall–Kier alpha value is -2.20. The number of anilines is 1. The van der Waals surface area contributed by atoms with Crippen molar-refractivity contribution in [3.8, 4) is 11.3 Å². The molecule has 2 aromatic carbocycles. The second kappa shape index (κ2) is 4.40. The highest BCUT2D eigenvalue weighted by Crippen LogP contribution is 2.42. The van der Waals surface area contributed by atoms with Crippen LogP contribution >= 0.6 is 11.5 Å². The van der Waals surface area contributed by atoms with Gasteiger partial charge in [0.2, 0.25) is 0 Å². The van der Waals surface area contributed by atoms with Crippen molar-refractivity contribution in [1.82, 2.24) is 4.37 Å². The molecule has 0 amide bonds. The Morgan fingerprint density at radius 3 is 2.67 bits per heavy atom. The van der Waals surface area contributed by atoms with Gasteiger partial charge in [-0.3, -0.25) is 4.79 Å². The molecule has 0 atom stereocenters. The first kappa shape index (κ1) is 12.5. The highest BCUT2D eigenvalue weighted by molar-refractivity contribution is 7.13. The smallest absolute Gasteiger partial charge is 0.196 e. The molecule has 1 N–H and O–H groups in total. The summed E-state index contributed by atoms with van der Waals surface area (Å²) >= 11 is 1.46. The lowest BCUT2D eigenvalue weighted by atomic mass is 9.86. The molecule has 4 rings (SSSR count). The van der Waals surface area contributed by atoms with Gasteiger partial charge in [-0.25, -0.2) is 0 Å². The van der Waals surface area contributed by atoms with E-state index in [-0.39, 0.29) is 11.8 Å². The maximum Gasteiger partial charge on any atom is 0.196 e. The number of hydrogen-bond donors (Lipinski definition) is 1. The van der Waals surface area contributed by atoms with Crippen LogP contribution in [-0.4, -0.2) is 16.2 Å². The molecule has 0 radical (unpaired) electrons. The summed E-state index contributed by atoms with van der Waals surface area (Å²) < 4.78 is 5.66. The lowest BCUT2D eigenvalue weighted by Crippen LogP contribution is -2.16. The number of carbonyl (C=O) groups is 1. The first-order valence-corrected chi connectivity index (χ1v) is 7.77. The second-order valence-electron chi connectivity index (χ2n) is 5.57. The van der Waals surface area contributed by atoms with Gasteiger partial charge in [0.15, 0.2) is 5.78 Å². The number of carbonyl (C=O) groups excluding carboxylic acids is 1. The van der Waals surface area contributed by atoms with Gasteiger partial charge in [-0.2, -0.15) is 4.37 Å². The van der Waals surface area contributed by atoms with Gasteiger partial charge in [-0.1, -0.05) is 24.3 Å². The van der Waals surface area contributed by atoms with Gasteiger partial charge in [-0.05, 0) is 37.5 Å². The van der Waals surface area contributed by atoms with E-state index in [1.54, 1.807) is 0 Å². The van der Waals surface area contributed by atoms with Crippen LogP contribution in [0.25, 0.3) is 21.3 Å². The molecule has 21 heavy (non-hydrogen) atoms. The van der Waals surface area contributed by atoms with E-state index in [9.17, 15) is 4.79 Å². The largest absolute Gasteiger partial charge is 0.382 e. The van der Waals surface area contributed by atoms with Crippen molar-refractivity contribution in [2.24, 2.45) is 0 Å². The molecule has 0 saturated heterocycles. The van der Waals surface area contributed by atoms with E-state index in [4.69, 9.17) is 0 Å². The Balaban J connectivity index is 2.07. The van der Waals surface area contributed by atoms with Gasteiger partial charge < -0.3 is 5.32 Å². The normalized spacial score (nSPS) is 12.8. The zero-order valence-corrected chi connectivity index (χ0v) is 12.6. The highest BCUT2D eigenvalue weighted by Gasteiger charge is 2.29. The van der Waals surface area contributed by atoms with Crippen LogP contribution in [0.4, 0.5) is 5.69 Å². The fourth-order valence-corrected chi connectivity index (χ4v) is 3.74. The minimum Gasteiger partial charge on any atom is -0.382 e. The number of aromatic nitrogens is 1. The summed E-state index contributed by atoms with van der Waals surface area (Å²) in [4.78, 5) is 12.9. The number of nitrogens with zero attached hydrogens (tertiary/aromatic N) is 1. The Morgan fingerprint density at radius 1 is 1.10 bits per heavy atom. The molecule has 0 bridgehead atoms. The summed E-state index contributed by atoms with van der Waals surface area (Å²) in [7, 11) is 0. The molecule has 0 spiro atoms. The number of nitrogens with one attached hydrogen (secondary N) is 1. The lowest BCUT2D eigenvalue weighted by Gasteiger charge is -2.20. The van der Waals surface area contributed by atoms with Crippen molar-refractivity contribution < 1.29 is 4.79 Å². The first-order valence-electron chi connectivity index (χ1n) is 7.00. The van der Waals surface area contributed by atoms with E-state index in [0.717, 1.165) is 38.2 Å². The predicted molar refractivity (Wildman–Crippen MR) is 87.2 cm³/mol. The van der Waals surface area contributed by atoms with Crippen molar-refractivity contribution in [1.29, 1.82) is 0 Å².